The number of hydrogen-bond acceptors (Lipinski definition) is 4. The Morgan fingerprint density at radius 2 is 2.00 bits per heavy atom. The average molecular weight is 341 g/mol. The molecule has 2 N–H and O–H groups in total. The second-order valence-electron chi connectivity index (χ2n) is 4.62. The summed E-state index contributed by atoms with van der Waals surface area (Å²) in [6.07, 6.45) is 4.66. The number of aryl methyl sites for hydroxylation is 1. The van der Waals surface area contributed by atoms with Crippen LogP contribution in [0.25, 0.3) is 0 Å². The Balaban J connectivity index is 0.00000264. The van der Waals surface area contributed by atoms with E-state index in [1.807, 2.05) is 7.05 Å². The third kappa shape index (κ3) is 4.97. The van der Waals surface area contributed by atoms with E-state index in [1.165, 1.54) is 19.2 Å². The van der Waals surface area contributed by atoms with Crippen LogP contribution in [0.2, 0.25) is 0 Å². The Hall–Kier alpha value is -2.58. The number of halogens is 1. The highest BCUT2D eigenvalue weighted by Gasteiger charge is 2.16. The van der Waals surface area contributed by atoms with Crippen LogP contribution in [0.5, 0.6) is 0 Å². The van der Waals surface area contributed by atoms with Crippen molar-refractivity contribution in [2.24, 2.45) is 7.05 Å². The fraction of sp³-hybridized carbons (Fsp3) is 0.214. The summed E-state index contributed by atoms with van der Waals surface area (Å²) in [5.41, 5.74) is 0.797. The zero-order valence-electron chi connectivity index (χ0n) is 12.6. The molecule has 0 aliphatic carbocycles. The van der Waals surface area contributed by atoms with Gasteiger partial charge in [0.15, 0.2) is 6.54 Å². The quantitative estimate of drug-likeness (QED) is 0.380. The Morgan fingerprint density at radius 3 is 2.52 bits per heavy atom. The van der Waals surface area contributed by atoms with E-state index in [0.29, 0.717) is 16.4 Å². The predicted octanol–water partition coefficient (Wildman–Crippen LogP) is -2.08. The minimum Gasteiger partial charge on any atom is -1.00 e. The minimum absolute atomic E-state index is 0. The molecular formula is C14H17ClN4O4. The number of carbonyl (C=O) groups excluding carboxylic acids is 2. The molecule has 0 atom stereocenters. The molecule has 9 heteroatoms. The Morgan fingerprint density at radius 1 is 1.35 bits per heavy atom. The lowest BCUT2D eigenvalue weighted by Gasteiger charge is -2.14. The Kier molecular flexibility index (Phi) is 6.55. The van der Waals surface area contributed by atoms with Crippen LogP contribution in [0, 0.1) is 0 Å². The van der Waals surface area contributed by atoms with Gasteiger partial charge in [0.05, 0.1) is 19.8 Å². The zero-order chi connectivity index (χ0) is 16.1. The summed E-state index contributed by atoms with van der Waals surface area (Å²) in [4.78, 5) is 23.0. The van der Waals surface area contributed by atoms with Crippen molar-refractivity contribution in [3.05, 3.63) is 43.0 Å². The predicted molar refractivity (Wildman–Crippen MR) is 77.4 cm³/mol. The number of aromatic nitrogens is 2. The van der Waals surface area contributed by atoms with Crippen LogP contribution in [-0.4, -0.2) is 28.9 Å². The summed E-state index contributed by atoms with van der Waals surface area (Å²) in [5, 5.41) is 13.0. The molecule has 8 nitrogen and oxygen atoms in total. The second-order valence-corrected chi connectivity index (χ2v) is 4.62. The largest absolute Gasteiger partial charge is 1.00 e. The van der Waals surface area contributed by atoms with Crippen molar-refractivity contribution >= 4 is 23.4 Å². The summed E-state index contributed by atoms with van der Waals surface area (Å²) in [6.45, 7) is 0.0134. The van der Waals surface area contributed by atoms with Gasteiger partial charge >= 0.3 is 6.09 Å². The molecular weight excluding hydrogens is 324 g/mol. The third-order valence-corrected chi connectivity index (χ3v) is 2.92. The molecule has 23 heavy (non-hydrogen) atoms. The van der Waals surface area contributed by atoms with Crippen molar-refractivity contribution in [3.63, 3.8) is 0 Å². The maximum Gasteiger partial charge on any atom is 0.411 e. The van der Waals surface area contributed by atoms with Crippen molar-refractivity contribution in [1.82, 2.24) is 4.57 Å². The molecule has 2 aromatic rings. The molecule has 0 bridgehead atoms. The van der Waals surface area contributed by atoms with Crippen molar-refractivity contribution in [1.29, 1.82) is 0 Å². The number of rotatable bonds is 4. The van der Waals surface area contributed by atoms with Crippen LogP contribution in [0.4, 0.5) is 16.2 Å². The summed E-state index contributed by atoms with van der Waals surface area (Å²) in [7, 11) is 3.10. The molecule has 0 saturated carbocycles. The van der Waals surface area contributed by atoms with Gasteiger partial charge in [0.2, 0.25) is 6.33 Å². The maximum atomic E-state index is 12.0. The lowest BCUT2D eigenvalue weighted by atomic mass is 10.2. The minimum atomic E-state index is -0.592. The van der Waals surface area contributed by atoms with Crippen LogP contribution in [0.1, 0.15) is 0 Å². The smallest absolute Gasteiger partial charge is 0.411 e. The molecule has 0 fully saturated rings. The van der Waals surface area contributed by atoms with Gasteiger partial charge in [0.1, 0.15) is 12.4 Å². The third-order valence-electron chi connectivity index (χ3n) is 2.92. The van der Waals surface area contributed by atoms with E-state index in [-0.39, 0.29) is 19.0 Å². The highest BCUT2D eigenvalue weighted by molar-refractivity contribution is 5.91. The molecule has 124 valence electrons. The van der Waals surface area contributed by atoms with Crippen molar-refractivity contribution < 1.29 is 36.5 Å². The molecule has 0 spiro atoms. The van der Waals surface area contributed by atoms with E-state index in [2.05, 4.69) is 10.1 Å². The van der Waals surface area contributed by atoms with Gasteiger partial charge in [0.25, 0.3) is 5.91 Å². The van der Waals surface area contributed by atoms with Gasteiger partial charge in [-0.25, -0.2) is 13.9 Å². The van der Waals surface area contributed by atoms with E-state index < -0.39 is 12.0 Å². The van der Waals surface area contributed by atoms with E-state index in [0.717, 1.165) is 0 Å². The molecule has 0 radical (unpaired) electrons. The van der Waals surface area contributed by atoms with Gasteiger partial charge in [0, 0.05) is 5.69 Å². The van der Waals surface area contributed by atoms with Crippen LogP contribution in [0.3, 0.4) is 0 Å². The number of benzene rings is 1. The van der Waals surface area contributed by atoms with E-state index in [1.54, 1.807) is 40.0 Å². The summed E-state index contributed by atoms with van der Waals surface area (Å²) >= 11 is 0. The van der Waals surface area contributed by atoms with E-state index >= 15 is 0 Å². The molecule has 1 aromatic carbocycles. The maximum absolute atomic E-state index is 12.0. The first-order chi connectivity index (χ1) is 10.5. The van der Waals surface area contributed by atoms with Gasteiger partial charge in [-0.2, -0.15) is 5.06 Å². The monoisotopic (exact) mass is 340 g/mol. The second kappa shape index (κ2) is 8.16. The summed E-state index contributed by atoms with van der Waals surface area (Å²) in [5.74, 6) is -0.482. The molecule has 2 rings (SSSR count). The van der Waals surface area contributed by atoms with Gasteiger partial charge in [-0.05, 0) is 24.3 Å². The number of ether oxygens (including phenoxy) is 1. The molecule has 2 amide bonds. The fourth-order valence-electron chi connectivity index (χ4n) is 1.82. The van der Waals surface area contributed by atoms with Gasteiger partial charge in [-0.15, -0.1) is 0 Å². The van der Waals surface area contributed by atoms with E-state index in [9.17, 15) is 14.8 Å². The first-order valence-electron chi connectivity index (χ1n) is 6.47. The number of hydrogen-bond donors (Lipinski definition) is 2. The first-order valence-corrected chi connectivity index (χ1v) is 6.47. The Bertz CT molecular complexity index is 672. The number of imidazole rings is 1. The van der Waals surface area contributed by atoms with E-state index in [4.69, 9.17) is 0 Å². The lowest BCUT2D eigenvalue weighted by molar-refractivity contribution is -0.671. The molecule has 1 heterocycles. The number of carbonyl (C=O) groups is 2. The standard InChI is InChI=1S/C14H16N4O4.ClH/c1-16-7-8-17(10-16)9-13(19)18(21)12-5-3-11(4-6-12)15-14(20)22-2;/h3-8,10,21H,9H2,1-2H3;1H. The SMILES string of the molecule is COC(=O)Nc1ccc(N(O)C(=O)Cn2cc[n+](C)c2)cc1.[Cl-]. The number of amides is 2. The molecule has 0 aliphatic heterocycles. The van der Waals surface area contributed by atoms with Crippen LogP contribution in [0.15, 0.2) is 43.0 Å². The van der Waals surface area contributed by atoms with Crippen LogP contribution in [-0.2, 0) is 23.1 Å². The normalized spacial score (nSPS) is 9.70. The molecule has 0 aliphatic rings. The average Bonchev–Trinajstić information content (AvgIpc) is 2.92. The molecule has 1 aromatic heterocycles. The highest BCUT2D eigenvalue weighted by Crippen LogP contribution is 2.17. The van der Waals surface area contributed by atoms with Crippen molar-refractivity contribution in [2.45, 2.75) is 6.54 Å². The number of hydroxylamine groups is 1. The zero-order valence-corrected chi connectivity index (χ0v) is 13.4. The molecule has 0 saturated heterocycles. The fourth-order valence-corrected chi connectivity index (χ4v) is 1.82. The first kappa shape index (κ1) is 18.5. The number of nitrogens with one attached hydrogen (secondary N) is 1. The van der Waals surface area contributed by atoms with Crippen LogP contribution < -0.4 is 27.4 Å². The van der Waals surface area contributed by atoms with Crippen LogP contribution >= 0.6 is 0 Å². The van der Waals surface area contributed by atoms with Gasteiger partial charge in [-0.1, -0.05) is 0 Å². The Labute approximate surface area is 139 Å². The topological polar surface area (TPSA) is 87.7 Å². The summed E-state index contributed by atoms with van der Waals surface area (Å²) in [6, 6.07) is 6.13. The summed E-state index contributed by atoms with van der Waals surface area (Å²) < 4.78 is 7.92. The van der Waals surface area contributed by atoms with Crippen molar-refractivity contribution in [3.8, 4) is 0 Å². The lowest BCUT2D eigenvalue weighted by Crippen LogP contribution is -3.00. The molecule has 0 unspecified atom stereocenters. The highest BCUT2D eigenvalue weighted by atomic mass is 35.5. The number of anilines is 2. The number of methoxy groups -OCH3 is 1. The van der Waals surface area contributed by atoms with Crippen molar-refractivity contribution in [2.75, 3.05) is 17.5 Å². The van der Waals surface area contributed by atoms with Gasteiger partial charge in [-0.3, -0.25) is 15.3 Å². The van der Waals surface area contributed by atoms with Gasteiger partial charge < -0.3 is 17.1 Å². The number of nitrogens with zero attached hydrogens (tertiary/aromatic N) is 3.